The van der Waals surface area contributed by atoms with Gasteiger partial charge in [-0.15, -0.1) is 11.3 Å². The van der Waals surface area contributed by atoms with Crippen LogP contribution in [-0.4, -0.2) is 59.4 Å². The number of nitrogens with zero attached hydrogens (tertiary/aromatic N) is 4. The molecule has 0 amide bonds. The summed E-state index contributed by atoms with van der Waals surface area (Å²) in [5, 5.41) is 3.28. The van der Waals surface area contributed by atoms with E-state index in [4.69, 9.17) is 15.2 Å². The molecule has 4 heterocycles. The Labute approximate surface area is 250 Å². The second-order valence-electron chi connectivity index (χ2n) is 11.0. The quantitative estimate of drug-likeness (QED) is 0.260. The number of aromatic nitrogens is 3. The standard InChI is InChI=1S/C30H31F3N6O3S/c1-2-41-27(40)22-15-29(16-35-22)9-11-39(12-10-29)24-14-25(38-28(34)37-24)42-26(30(31,32)33)19-5-3-18(4-6-19)20-7-8-21-23(13-20)43-17-36-21/h3-8,13-14,17,22,26,35H,2,9-12,15-16H2,1H3,(H2,34,37,38)/t22-,26+/m0/s1. The molecule has 0 aliphatic carbocycles. The van der Waals surface area contributed by atoms with Gasteiger partial charge in [-0.3, -0.25) is 4.79 Å². The number of nitrogens with two attached hydrogens (primary N) is 1. The third-order valence-corrected chi connectivity index (χ3v) is 8.99. The zero-order valence-electron chi connectivity index (χ0n) is 23.4. The lowest BCUT2D eigenvalue weighted by atomic mass is 9.76. The maximum Gasteiger partial charge on any atom is 0.429 e. The van der Waals surface area contributed by atoms with E-state index in [9.17, 15) is 18.0 Å². The van der Waals surface area contributed by atoms with Crippen LogP contribution in [0, 0.1) is 5.41 Å². The molecule has 2 aliphatic heterocycles. The van der Waals surface area contributed by atoms with Crippen LogP contribution < -0.4 is 20.7 Å². The number of piperidine rings is 1. The van der Waals surface area contributed by atoms with Gasteiger partial charge in [-0.1, -0.05) is 30.3 Å². The lowest BCUT2D eigenvalue weighted by molar-refractivity contribution is -0.198. The van der Waals surface area contributed by atoms with Crippen LogP contribution in [0.2, 0.25) is 0 Å². The molecule has 3 N–H and O–H groups in total. The molecular formula is C30H31F3N6O3S. The highest BCUT2D eigenvalue weighted by Crippen LogP contribution is 2.42. The molecule has 2 fully saturated rings. The summed E-state index contributed by atoms with van der Waals surface area (Å²) in [5.74, 6) is -0.263. The van der Waals surface area contributed by atoms with E-state index in [-0.39, 0.29) is 34.8 Å². The van der Waals surface area contributed by atoms with Gasteiger partial charge in [0.15, 0.2) is 0 Å². The van der Waals surface area contributed by atoms with Crippen molar-refractivity contribution in [1.29, 1.82) is 0 Å². The van der Waals surface area contributed by atoms with Crippen LogP contribution in [0.3, 0.4) is 0 Å². The number of rotatable bonds is 7. The van der Waals surface area contributed by atoms with Crippen LogP contribution in [0.15, 0.2) is 54.0 Å². The van der Waals surface area contributed by atoms with Gasteiger partial charge in [0.25, 0.3) is 0 Å². The molecule has 6 rings (SSSR count). The molecule has 2 atom stereocenters. The number of ether oxygens (including phenoxy) is 2. The summed E-state index contributed by atoms with van der Waals surface area (Å²) < 4.78 is 54.4. The number of benzene rings is 2. The van der Waals surface area contributed by atoms with E-state index in [1.165, 1.54) is 29.5 Å². The Hall–Kier alpha value is -3.97. The third-order valence-electron chi connectivity index (χ3n) is 8.20. The Kier molecular flexibility index (Phi) is 7.86. The monoisotopic (exact) mass is 612 g/mol. The van der Waals surface area contributed by atoms with E-state index in [2.05, 4.69) is 20.3 Å². The summed E-state index contributed by atoms with van der Waals surface area (Å²) in [6.07, 6.45) is -4.70. The molecule has 1 spiro atoms. The van der Waals surface area contributed by atoms with Gasteiger partial charge >= 0.3 is 12.1 Å². The normalized spacial score (nSPS) is 19.1. The Morgan fingerprint density at radius 2 is 1.88 bits per heavy atom. The number of nitrogens with one attached hydrogen (secondary N) is 1. The highest BCUT2D eigenvalue weighted by Gasteiger charge is 2.45. The van der Waals surface area contributed by atoms with Crippen molar-refractivity contribution < 1.29 is 27.4 Å². The van der Waals surface area contributed by atoms with Gasteiger partial charge in [-0.05, 0) is 54.9 Å². The van der Waals surface area contributed by atoms with Gasteiger partial charge < -0.3 is 25.4 Å². The molecule has 2 aliphatic rings. The van der Waals surface area contributed by atoms with Gasteiger partial charge in [-0.2, -0.15) is 23.1 Å². The first kappa shape index (κ1) is 29.1. The number of thiazole rings is 1. The van der Waals surface area contributed by atoms with Crippen molar-refractivity contribution in [3.63, 3.8) is 0 Å². The number of esters is 1. The number of fused-ring (bicyclic) bond motifs is 1. The SMILES string of the molecule is CCOC(=O)[C@@H]1CC2(CCN(c3cc(O[C@H](c4ccc(-c5ccc6ncsc6c5)cc4)C(F)(F)F)nc(N)n3)CC2)CN1. The molecule has 0 radical (unpaired) electrons. The minimum Gasteiger partial charge on any atom is -0.465 e. The van der Waals surface area contributed by atoms with Gasteiger partial charge in [0.1, 0.15) is 11.9 Å². The van der Waals surface area contributed by atoms with Crippen LogP contribution in [0.4, 0.5) is 24.9 Å². The number of nitrogen functional groups attached to an aromatic ring is 1. The topological polar surface area (TPSA) is 115 Å². The second-order valence-corrected chi connectivity index (χ2v) is 11.9. The van der Waals surface area contributed by atoms with Crippen LogP contribution in [-0.2, 0) is 9.53 Å². The van der Waals surface area contributed by atoms with Crippen LogP contribution >= 0.6 is 11.3 Å². The number of anilines is 2. The molecule has 9 nitrogen and oxygen atoms in total. The molecule has 4 aromatic rings. The van der Waals surface area contributed by atoms with Crippen LogP contribution in [0.5, 0.6) is 5.88 Å². The highest BCUT2D eigenvalue weighted by molar-refractivity contribution is 7.16. The van der Waals surface area contributed by atoms with E-state index in [0.29, 0.717) is 38.5 Å². The number of carbonyl (C=O) groups excluding carboxylic acids is 1. The molecule has 13 heteroatoms. The smallest absolute Gasteiger partial charge is 0.429 e. The zero-order valence-corrected chi connectivity index (χ0v) is 24.3. The first-order chi connectivity index (χ1) is 20.6. The van der Waals surface area contributed by atoms with Crippen LogP contribution in [0.25, 0.3) is 21.3 Å². The maximum absolute atomic E-state index is 14.3. The molecule has 0 saturated carbocycles. The van der Waals surface area contributed by atoms with Crippen molar-refractivity contribution in [3.8, 4) is 17.0 Å². The highest BCUT2D eigenvalue weighted by atomic mass is 32.1. The van der Waals surface area contributed by atoms with Crippen LogP contribution in [0.1, 0.15) is 37.9 Å². The van der Waals surface area contributed by atoms with Crippen molar-refractivity contribution in [2.45, 2.75) is 44.5 Å². The zero-order chi connectivity index (χ0) is 30.2. The first-order valence-electron chi connectivity index (χ1n) is 14.1. The molecule has 2 aromatic carbocycles. The van der Waals surface area contributed by atoms with Crippen molar-refractivity contribution in [3.05, 3.63) is 59.6 Å². The van der Waals surface area contributed by atoms with E-state index in [1.54, 1.807) is 24.6 Å². The lowest BCUT2D eigenvalue weighted by Crippen LogP contribution is -2.41. The van der Waals surface area contributed by atoms with Crippen molar-refractivity contribution in [2.75, 3.05) is 36.9 Å². The van der Waals surface area contributed by atoms with Gasteiger partial charge in [0.05, 0.1) is 22.3 Å². The molecule has 43 heavy (non-hydrogen) atoms. The average Bonchev–Trinajstić information content (AvgIpc) is 3.63. The second kappa shape index (κ2) is 11.6. The number of halogens is 3. The predicted octanol–water partition coefficient (Wildman–Crippen LogP) is 5.53. The predicted molar refractivity (Wildman–Crippen MR) is 158 cm³/mol. The summed E-state index contributed by atoms with van der Waals surface area (Å²) >= 11 is 1.50. The van der Waals surface area contributed by atoms with E-state index in [0.717, 1.165) is 34.2 Å². The summed E-state index contributed by atoms with van der Waals surface area (Å²) in [4.78, 5) is 26.7. The molecule has 0 unspecified atom stereocenters. The molecular weight excluding hydrogens is 581 g/mol. The molecule has 0 bridgehead atoms. The Morgan fingerprint density at radius 1 is 1.14 bits per heavy atom. The summed E-state index contributed by atoms with van der Waals surface area (Å²) in [6.45, 7) is 4.03. The summed E-state index contributed by atoms with van der Waals surface area (Å²) in [7, 11) is 0. The fourth-order valence-corrected chi connectivity index (χ4v) is 6.62. The van der Waals surface area contributed by atoms with E-state index in [1.807, 2.05) is 23.1 Å². The maximum atomic E-state index is 14.3. The minimum atomic E-state index is -4.70. The van der Waals surface area contributed by atoms with Crippen molar-refractivity contribution in [1.82, 2.24) is 20.3 Å². The van der Waals surface area contributed by atoms with Gasteiger partial charge in [-0.25, -0.2) is 4.98 Å². The molecule has 226 valence electrons. The van der Waals surface area contributed by atoms with E-state index >= 15 is 0 Å². The fraction of sp³-hybridized carbons (Fsp3) is 0.400. The number of alkyl halides is 3. The third kappa shape index (κ3) is 6.23. The minimum absolute atomic E-state index is 0.0498. The largest absolute Gasteiger partial charge is 0.465 e. The number of carbonyl (C=O) groups is 1. The van der Waals surface area contributed by atoms with Crippen molar-refractivity contribution >= 4 is 39.3 Å². The summed E-state index contributed by atoms with van der Waals surface area (Å²) in [6, 6.07) is 13.0. The Morgan fingerprint density at radius 3 is 2.60 bits per heavy atom. The van der Waals surface area contributed by atoms with Gasteiger partial charge in [0.2, 0.25) is 17.9 Å². The summed E-state index contributed by atoms with van der Waals surface area (Å²) in [5.41, 5.74) is 10.1. The number of hydrogen-bond acceptors (Lipinski definition) is 10. The number of hydrogen-bond donors (Lipinski definition) is 2. The fourth-order valence-electron chi connectivity index (χ4n) is 5.90. The van der Waals surface area contributed by atoms with Gasteiger partial charge in [0, 0.05) is 31.3 Å². The molecule has 2 aromatic heterocycles. The van der Waals surface area contributed by atoms with E-state index < -0.39 is 12.3 Å². The Bertz CT molecular complexity index is 1600. The average molecular weight is 613 g/mol. The van der Waals surface area contributed by atoms with Crippen molar-refractivity contribution in [2.24, 2.45) is 5.41 Å². The molecule has 2 saturated heterocycles. The first-order valence-corrected chi connectivity index (χ1v) is 15.0. The Balaban J connectivity index is 1.16. The lowest BCUT2D eigenvalue weighted by Gasteiger charge is -2.39.